The second kappa shape index (κ2) is 5.95. The van der Waals surface area contributed by atoms with E-state index in [1.54, 1.807) is 12.3 Å². The Balaban J connectivity index is 1.82. The zero-order valence-corrected chi connectivity index (χ0v) is 12.1. The molecule has 0 saturated heterocycles. The Labute approximate surface area is 124 Å². The van der Waals surface area contributed by atoms with E-state index >= 15 is 0 Å². The van der Waals surface area contributed by atoms with E-state index in [0.717, 1.165) is 24.5 Å². The zero-order chi connectivity index (χ0) is 14.7. The third-order valence-electron chi connectivity index (χ3n) is 3.67. The van der Waals surface area contributed by atoms with E-state index in [-0.39, 0.29) is 5.78 Å². The van der Waals surface area contributed by atoms with Gasteiger partial charge in [0.05, 0.1) is 18.4 Å². The van der Waals surface area contributed by atoms with Crippen LogP contribution in [0.2, 0.25) is 0 Å². The number of para-hydroxylation sites is 1. The molecule has 0 bridgehead atoms. The molecule has 21 heavy (non-hydrogen) atoms. The van der Waals surface area contributed by atoms with E-state index in [0.29, 0.717) is 18.7 Å². The highest BCUT2D eigenvalue weighted by atomic mass is 16.5. The Morgan fingerprint density at radius 1 is 1.29 bits per heavy atom. The molecule has 0 saturated carbocycles. The summed E-state index contributed by atoms with van der Waals surface area (Å²) in [6, 6.07) is 11.9. The molecule has 2 heterocycles. The van der Waals surface area contributed by atoms with Gasteiger partial charge in [0, 0.05) is 18.5 Å². The first-order chi connectivity index (χ1) is 10.3. The summed E-state index contributed by atoms with van der Waals surface area (Å²) in [6.45, 7) is 4.09. The Morgan fingerprint density at radius 3 is 2.90 bits per heavy atom. The van der Waals surface area contributed by atoms with Crippen LogP contribution < -0.4 is 9.64 Å². The van der Waals surface area contributed by atoms with E-state index in [1.165, 1.54) is 5.56 Å². The van der Waals surface area contributed by atoms with Crippen molar-refractivity contribution in [1.82, 2.24) is 4.98 Å². The maximum absolute atomic E-state index is 11.6. The molecule has 1 aromatic heterocycles. The van der Waals surface area contributed by atoms with E-state index < -0.39 is 0 Å². The third-order valence-corrected chi connectivity index (χ3v) is 3.67. The molecule has 1 aliphatic rings. The maximum Gasteiger partial charge on any atom is 0.180 e. The molecular weight excluding hydrogens is 264 g/mol. The Morgan fingerprint density at radius 2 is 2.14 bits per heavy atom. The average Bonchev–Trinajstić information content (AvgIpc) is 2.76. The van der Waals surface area contributed by atoms with Gasteiger partial charge in [0.1, 0.15) is 18.1 Å². The van der Waals surface area contributed by atoms with Gasteiger partial charge in [0.25, 0.3) is 0 Å². The predicted octanol–water partition coefficient (Wildman–Crippen LogP) is 3.07. The van der Waals surface area contributed by atoms with E-state index in [2.05, 4.69) is 16.0 Å². The van der Waals surface area contributed by atoms with Gasteiger partial charge in [0.2, 0.25) is 0 Å². The van der Waals surface area contributed by atoms with Crippen molar-refractivity contribution in [2.24, 2.45) is 0 Å². The van der Waals surface area contributed by atoms with Gasteiger partial charge in [-0.15, -0.1) is 0 Å². The Bertz CT molecular complexity index is 637. The Hall–Kier alpha value is -2.36. The summed E-state index contributed by atoms with van der Waals surface area (Å²) in [5.74, 6) is 1.02. The fourth-order valence-electron chi connectivity index (χ4n) is 2.47. The monoisotopic (exact) mass is 282 g/mol. The van der Waals surface area contributed by atoms with Gasteiger partial charge >= 0.3 is 0 Å². The molecule has 0 fully saturated rings. The van der Waals surface area contributed by atoms with Crippen molar-refractivity contribution in [3.05, 3.63) is 53.9 Å². The summed E-state index contributed by atoms with van der Waals surface area (Å²) in [6.07, 6.45) is 2.26. The van der Waals surface area contributed by atoms with Crippen molar-refractivity contribution in [1.29, 1.82) is 0 Å². The van der Waals surface area contributed by atoms with Crippen LogP contribution in [0, 0.1) is 0 Å². The van der Waals surface area contributed by atoms with Crippen LogP contribution in [0.4, 0.5) is 5.69 Å². The number of Topliss-reactive ketones (excluding diaryl/α,β-unsaturated/α-hetero) is 1. The molecule has 2 aromatic rings. The first-order valence-electron chi connectivity index (χ1n) is 7.23. The number of nitrogens with zero attached hydrogens (tertiary/aromatic N) is 2. The first-order valence-corrected chi connectivity index (χ1v) is 7.23. The number of rotatable bonds is 3. The number of carbonyl (C=O) groups is 1. The van der Waals surface area contributed by atoms with Crippen LogP contribution in [-0.4, -0.2) is 23.9 Å². The molecule has 1 aliphatic heterocycles. The second-order valence-electron chi connectivity index (χ2n) is 5.06. The predicted molar refractivity (Wildman–Crippen MR) is 81.8 cm³/mol. The van der Waals surface area contributed by atoms with Crippen molar-refractivity contribution < 1.29 is 9.53 Å². The highest BCUT2D eigenvalue weighted by Crippen LogP contribution is 2.25. The molecule has 4 heteroatoms. The van der Waals surface area contributed by atoms with Gasteiger partial charge in [-0.2, -0.15) is 0 Å². The number of ketones is 1. The molecule has 0 N–H and O–H groups in total. The third kappa shape index (κ3) is 2.89. The number of carbonyl (C=O) groups excluding carboxylic acids is 1. The van der Waals surface area contributed by atoms with Gasteiger partial charge in [-0.05, 0) is 18.2 Å². The molecule has 1 aromatic carbocycles. The molecule has 0 unspecified atom stereocenters. The number of benzene rings is 1. The van der Waals surface area contributed by atoms with Crippen LogP contribution in [0.3, 0.4) is 0 Å². The van der Waals surface area contributed by atoms with Crippen molar-refractivity contribution >= 4 is 11.5 Å². The standard InChI is InChI=1S/C17H18N2O2/c1-2-16(20)15-8-7-14(11-18-15)19-9-10-21-17-6-4-3-5-13(17)12-19/h3-8,11H,2,9-10,12H2,1H3. The van der Waals surface area contributed by atoms with Crippen molar-refractivity contribution in [2.75, 3.05) is 18.1 Å². The van der Waals surface area contributed by atoms with Crippen LogP contribution in [0.15, 0.2) is 42.6 Å². The van der Waals surface area contributed by atoms with Crippen molar-refractivity contribution in [3.8, 4) is 5.75 Å². The second-order valence-corrected chi connectivity index (χ2v) is 5.06. The van der Waals surface area contributed by atoms with Crippen LogP contribution in [-0.2, 0) is 6.54 Å². The van der Waals surface area contributed by atoms with Crippen LogP contribution >= 0.6 is 0 Å². The summed E-state index contributed by atoms with van der Waals surface area (Å²) < 4.78 is 5.76. The molecular formula is C17H18N2O2. The van der Waals surface area contributed by atoms with E-state index in [1.807, 2.05) is 31.2 Å². The van der Waals surface area contributed by atoms with Crippen molar-refractivity contribution in [3.63, 3.8) is 0 Å². The summed E-state index contributed by atoms with van der Waals surface area (Å²) in [7, 11) is 0. The highest BCUT2D eigenvalue weighted by Gasteiger charge is 2.16. The van der Waals surface area contributed by atoms with Crippen LogP contribution in [0.1, 0.15) is 29.4 Å². The quantitative estimate of drug-likeness (QED) is 0.811. The topological polar surface area (TPSA) is 42.4 Å². The minimum atomic E-state index is 0.0751. The maximum atomic E-state index is 11.6. The number of anilines is 1. The molecule has 0 radical (unpaired) electrons. The lowest BCUT2D eigenvalue weighted by Crippen LogP contribution is -2.25. The molecule has 3 rings (SSSR count). The highest BCUT2D eigenvalue weighted by molar-refractivity contribution is 5.94. The molecule has 0 amide bonds. The molecule has 0 spiro atoms. The molecule has 0 aliphatic carbocycles. The summed E-state index contributed by atoms with van der Waals surface area (Å²) in [4.78, 5) is 18.1. The number of hydrogen-bond donors (Lipinski definition) is 0. The van der Waals surface area contributed by atoms with Gasteiger partial charge < -0.3 is 9.64 Å². The average molecular weight is 282 g/mol. The molecule has 108 valence electrons. The lowest BCUT2D eigenvalue weighted by atomic mass is 10.1. The van der Waals surface area contributed by atoms with Crippen LogP contribution in [0.5, 0.6) is 5.75 Å². The lowest BCUT2D eigenvalue weighted by Gasteiger charge is -2.21. The van der Waals surface area contributed by atoms with Crippen molar-refractivity contribution in [2.45, 2.75) is 19.9 Å². The van der Waals surface area contributed by atoms with Gasteiger partial charge in [0.15, 0.2) is 5.78 Å². The smallest absolute Gasteiger partial charge is 0.180 e. The minimum Gasteiger partial charge on any atom is -0.491 e. The summed E-state index contributed by atoms with van der Waals surface area (Å²) >= 11 is 0. The number of pyridine rings is 1. The number of hydrogen-bond acceptors (Lipinski definition) is 4. The van der Waals surface area contributed by atoms with Crippen LogP contribution in [0.25, 0.3) is 0 Å². The SMILES string of the molecule is CCC(=O)c1ccc(N2CCOc3ccccc3C2)cn1. The van der Waals surface area contributed by atoms with Gasteiger partial charge in [-0.1, -0.05) is 25.1 Å². The minimum absolute atomic E-state index is 0.0751. The normalized spacial score (nSPS) is 14.0. The zero-order valence-electron chi connectivity index (χ0n) is 12.1. The van der Waals surface area contributed by atoms with Gasteiger partial charge in [-0.3, -0.25) is 9.78 Å². The molecule has 0 atom stereocenters. The Kier molecular flexibility index (Phi) is 3.86. The molecule has 4 nitrogen and oxygen atoms in total. The number of fused-ring (bicyclic) bond motifs is 1. The first kappa shape index (κ1) is 13.6. The largest absolute Gasteiger partial charge is 0.491 e. The van der Waals surface area contributed by atoms with E-state index in [9.17, 15) is 4.79 Å². The lowest BCUT2D eigenvalue weighted by molar-refractivity contribution is 0.0983. The summed E-state index contributed by atoms with van der Waals surface area (Å²) in [5, 5.41) is 0. The number of aromatic nitrogens is 1. The number of ether oxygens (including phenoxy) is 1. The van der Waals surface area contributed by atoms with Gasteiger partial charge in [-0.25, -0.2) is 0 Å². The fourth-order valence-corrected chi connectivity index (χ4v) is 2.47. The van der Waals surface area contributed by atoms with E-state index in [4.69, 9.17) is 4.74 Å². The fraction of sp³-hybridized carbons (Fsp3) is 0.294. The summed E-state index contributed by atoms with van der Waals surface area (Å²) in [5.41, 5.74) is 2.72.